The van der Waals surface area contributed by atoms with E-state index in [1.807, 2.05) is 11.8 Å². The number of thiazole rings is 1. The van der Waals surface area contributed by atoms with Gasteiger partial charge >= 0.3 is 6.03 Å². The van der Waals surface area contributed by atoms with E-state index in [1.54, 1.807) is 6.20 Å². The first-order valence-electron chi connectivity index (χ1n) is 9.96. The number of nitrogens with one attached hydrogen (secondary N) is 1. The summed E-state index contributed by atoms with van der Waals surface area (Å²) in [5.41, 5.74) is 1.22. The summed E-state index contributed by atoms with van der Waals surface area (Å²) in [5.74, 6) is 2.24. The molecule has 3 atom stereocenters. The molecule has 1 saturated carbocycles. The SMILES string of the molecule is Cc1cnc(NC(=O)N2c3nc(N4CC[C@H](N(C)C)C4)ccc3C3CCC32)s1. The number of aromatic nitrogens is 2. The lowest BCUT2D eigenvalue weighted by Crippen LogP contribution is -2.46. The molecule has 0 spiro atoms. The predicted octanol–water partition coefficient (Wildman–Crippen LogP) is 3.28. The highest BCUT2D eigenvalue weighted by molar-refractivity contribution is 7.15. The van der Waals surface area contributed by atoms with E-state index >= 15 is 0 Å². The van der Waals surface area contributed by atoms with Gasteiger partial charge in [0.1, 0.15) is 11.6 Å². The quantitative estimate of drug-likeness (QED) is 0.860. The molecule has 5 rings (SSSR count). The molecule has 0 bridgehead atoms. The van der Waals surface area contributed by atoms with Crippen LogP contribution in [-0.2, 0) is 0 Å². The van der Waals surface area contributed by atoms with Gasteiger partial charge < -0.3 is 9.80 Å². The Bertz CT molecular complexity index is 912. The van der Waals surface area contributed by atoms with Gasteiger partial charge in [-0.1, -0.05) is 6.07 Å². The number of hydrogen-bond acceptors (Lipinski definition) is 6. The Kier molecular flexibility index (Phi) is 4.28. The first-order valence-corrected chi connectivity index (χ1v) is 10.8. The van der Waals surface area contributed by atoms with Gasteiger partial charge in [0.2, 0.25) is 0 Å². The summed E-state index contributed by atoms with van der Waals surface area (Å²) >= 11 is 1.50. The van der Waals surface area contributed by atoms with Crippen molar-refractivity contribution < 1.29 is 4.79 Å². The van der Waals surface area contributed by atoms with Gasteiger partial charge in [-0.2, -0.15) is 0 Å². The number of nitrogens with zero attached hydrogens (tertiary/aromatic N) is 5. The molecule has 3 aliphatic rings. The fraction of sp³-hybridized carbons (Fsp3) is 0.550. The number of rotatable bonds is 3. The highest BCUT2D eigenvalue weighted by Gasteiger charge is 2.48. The van der Waals surface area contributed by atoms with Crippen LogP contribution in [0.1, 0.15) is 35.6 Å². The normalized spacial score (nSPS) is 25.6. The molecule has 1 aliphatic carbocycles. The van der Waals surface area contributed by atoms with E-state index in [2.05, 4.69) is 46.3 Å². The third-order valence-electron chi connectivity index (χ3n) is 6.36. The van der Waals surface area contributed by atoms with Crippen molar-refractivity contribution in [2.75, 3.05) is 42.3 Å². The zero-order valence-electron chi connectivity index (χ0n) is 16.6. The Labute approximate surface area is 169 Å². The zero-order chi connectivity index (χ0) is 19.4. The molecule has 7 nitrogen and oxygen atoms in total. The zero-order valence-corrected chi connectivity index (χ0v) is 17.4. The van der Waals surface area contributed by atoms with E-state index in [9.17, 15) is 4.79 Å². The average molecular weight is 399 g/mol. The summed E-state index contributed by atoms with van der Waals surface area (Å²) in [5, 5.41) is 3.62. The number of carbonyl (C=O) groups excluding carboxylic acids is 1. The van der Waals surface area contributed by atoms with E-state index in [-0.39, 0.29) is 12.1 Å². The second-order valence-corrected chi connectivity index (χ2v) is 9.50. The smallest absolute Gasteiger partial charge is 0.329 e. The van der Waals surface area contributed by atoms with E-state index < -0.39 is 0 Å². The van der Waals surface area contributed by atoms with Crippen LogP contribution < -0.4 is 15.1 Å². The summed E-state index contributed by atoms with van der Waals surface area (Å²) in [6.07, 6.45) is 5.10. The lowest BCUT2D eigenvalue weighted by molar-refractivity contribution is 0.248. The van der Waals surface area contributed by atoms with Crippen LogP contribution in [0.4, 0.5) is 21.6 Å². The van der Waals surface area contributed by atoms with E-state index in [0.717, 1.165) is 48.9 Å². The molecule has 0 radical (unpaired) electrons. The van der Waals surface area contributed by atoms with Crippen molar-refractivity contribution in [3.05, 3.63) is 28.8 Å². The van der Waals surface area contributed by atoms with Gasteiger partial charge in [0.05, 0.1) is 0 Å². The van der Waals surface area contributed by atoms with E-state index in [1.165, 1.54) is 16.9 Å². The van der Waals surface area contributed by atoms with E-state index in [4.69, 9.17) is 4.98 Å². The molecule has 1 N–H and O–H groups in total. The van der Waals surface area contributed by atoms with Crippen molar-refractivity contribution in [2.24, 2.45) is 0 Å². The van der Waals surface area contributed by atoms with Gasteiger partial charge in [-0.05, 0) is 46.3 Å². The summed E-state index contributed by atoms with van der Waals surface area (Å²) in [4.78, 5) is 29.9. The van der Waals surface area contributed by atoms with Crippen molar-refractivity contribution in [3.63, 3.8) is 0 Å². The van der Waals surface area contributed by atoms with Crippen LogP contribution in [-0.4, -0.2) is 60.2 Å². The third-order valence-corrected chi connectivity index (χ3v) is 7.19. The van der Waals surface area contributed by atoms with Crippen LogP contribution in [0, 0.1) is 6.92 Å². The van der Waals surface area contributed by atoms with Gasteiger partial charge in [0.15, 0.2) is 5.13 Å². The molecule has 2 aromatic rings. The van der Waals surface area contributed by atoms with Crippen LogP contribution in [0.5, 0.6) is 0 Å². The van der Waals surface area contributed by atoms with Crippen LogP contribution in [0.2, 0.25) is 0 Å². The summed E-state index contributed by atoms with van der Waals surface area (Å²) in [7, 11) is 4.27. The Morgan fingerprint density at radius 1 is 1.29 bits per heavy atom. The number of carbonyl (C=O) groups is 1. The monoisotopic (exact) mass is 398 g/mol. The van der Waals surface area contributed by atoms with E-state index in [0.29, 0.717) is 17.1 Å². The first-order chi connectivity index (χ1) is 13.5. The predicted molar refractivity (Wildman–Crippen MR) is 113 cm³/mol. The van der Waals surface area contributed by atoms with Gasteiger partial charge in [0, 0.05) is 47.7 Å². The molecule has 2 aliphatic heterocycles. The number of likely N-dealkylation sites (N-methyl/N-ethyl adjacent to an activating group) is 1. The van der Waals surface area contributed by atoms with Crippen molar-refractivity contribution in [1.29, 1.82) is 0 Å². The first kappa shape index (κ1) is 17.9. The van der Waals surface area contributed by atoms with Crippen molar-refractivity contribution in [2.45, 2.75) is 44.2 Å². The molecule has 2 unspecified atom stereocenters. The molecule has 0 aromatic carbocycles. The lowest BCUT2D eigenvalue weighted by Gasteiger charge is -2.35. The summed E-state index contributed by atoms with van der Waals surface area (Å²) in [6.45, 7) is 3.98. The van der Waals surface area contributed by atoms with Gasteiger partial charge in [-0.25, -0.2) is 14.8 Å². The molecule has 148 valence electrons. The van der Waals surface area contributed by atoms with Crippen molar-refractivity contribution in [3.8, 4) is 0 Å². The number of urea groups is 1. The Morgan fingerprint density at radius 2 is 2.14 bits per heavy atom. The Hall–Kier alpha value is -2.19. The van der Waals surface area contributed by atoms with Crippen LogP contribution in [0.15, 0.2) is 18.3 Å². The number of amides is 2. The highest BCUT2D eigenvalue weighted by atomic mass is 32.1. The molecule has 2 fully saturated rings. The minimum absolute atomic E-state index is 0.111. The molecule has 4 heterocycles. The van der Waals surface area contributed by atoms with Crippen LogP contribution in [0.25, 0.3) is 0 Å². The fourth-order valence-electron chi connectivity index (χ4n) is 4.60. The highest BCUT2D eigenvalue weighted by Crippen LogP contribution is 2.51. The topological polar surface area (TPSA) is 64.6 Å². The minimum Gasteiger partial charge on any atom is -0.355 e. The molecule has 1 saturated heterocycles. The van der Waals surface area contributed by atoms with Crippen LogP contribution in [0.3, 0.4) is 0 Å². The Balaban J connectivity index is 1.41. The average Bonchev–Trinajstić information content (AvgIpc) is 3.32. The molecular formula is C20H26N6OS. The second kappa shape index (κ2) is 6.70. The second-order valence-electron chi connectivity index (χ2n) is 8.26. The molecule has 2 amide bonds. The maximum absolute atomic E-state index is 13.1. The fourth-order valence-corrected chi connectivity index (χ4v) is 5.26. The lowest BCUT2D eigenvalue weighted by atomic mass is 9.78. The van der Waals surface area contributed by atoms with Gasteiger partial charge in [0.25, 0.3) is 0 Å². The standard InChI is InChI=1S/C20H26N6OS/c1-12-10-21-19(28-12)23-20(27)26-16-6-4-14(16)15-5-7-17(22-18(15)26)25-9-8-13(11-25)24(2)3/h5,7,10,13-14,16H,4,6,8-9,11H2,1-3H3,(H,21,23,27)/t13-,14?,16?/m0/s1. The number of pyridine rings is 1. The summed E-state index contributed by atoms with van der Waals surface area (Å²) < 4.78 is 0. The van der Waals surface area contributed by atoms with Gasteiger partial charge in [-0.15, -0.1) is 11.3 Å². The minimum atomic E-state index is -0.111. The molecule has 28 heavy (non-hydrogen) atoms. The van der Waals surface area contributed by atoms with Crippen LogP contribution >= 0.6 is 11.3 Å². The number of aryl methyl sites for hydroxylation is 1. The number of fused-ring (bicyclic) bond motifs is 3. The number of anilines is 3. The maximum atomic E-state index is 13.1. The third kappa shape index (κ3) is 2.86. The van der Waals surface area contributed by atoms with Crippen molar-refractivity contribution in [1.82, 2.24) is 14.9 Å². The molecule has 8 heteroatoms. The maximum Gasteiger partial charge on any atom is 0.329 e. The van der Waals surface area contributed by atoms with Crippen molar-refractivity contribution >= 4 is 34.1 Å². The Morgan fingerprint density at radius 3 is 2.79 bits per heavy atom. The summed E-state index contributed by atoms with van der Waals surface area (Å²) in [6, 6.07) is 5.00. The molecule has 2 aromatic heterocycles. The van der Waals surface area contributed by atoms with Gasteiger partial charge in [-0.3, -0.25) is 10.2 Å². The molecular weight excluding hydrogens is 372 g/mol. The number of hydrogen-bond donors (Lipinski definition) is 1. The largest absolute Gasteiger partial charge is 0.355 e.